The quantitative estimate of drug-likeness (QED) is 0.186. The van der Waals surface area contributed by atoms with Crippen LogP contribution in [-0.2, 0) is 38.9 Å². The van der Waals surface area contributed by atoms with Crippen LogP contribution in [0.15, 0.2) is 12.2 Å². The van der Waals surface area contributed by atoms with Gasteiger partial charge in [0.2, 0.25) is 0 Å². The number of likely N-dealkylation sites (tertiary alicyclic amines) is 1. The van der Waals surface area contributed by atoms with Crippen LogP contribution >= 0.6 is 43.0 Å². The van der Waals surface area contributed by atoms with E-state index >= 15 is 0 Å². The SMILES string of the molecule is C=C(C)C(C(=O)OCC(Cl)(Cl)Cl)N1C(=O)C(N)C1[S][Hg]. The van der Waals surface area contributed by atoms with Crippen molar-refractivity contribution in [3.8, 4) is 0 Å². The maximum atomic E-state index is 12.1. The van der Waals surface area contributed by atoms with Crippen LogP contribution in [0.2, 0.25) is 0 Å². The zero-order valence-corrected chi connectivity index (χ0v) is 19.2. The molecular weight excluding hydrogens is 535 g/mol. The monoisotopic (exact) mass is 547 g/mol. The predicted molar refractivity (Wildman–Crippen MR) is 76.1 cm³/mol. The zero-order chi connectivity index (χ0) is 15.7. The summed E-state index contributed by atoms with van der Waals surface area (Å²) in [4.78, 5) is 25.4. The summed E-state index contributed by atoms with van der Waals surface area (Å²) >= 11 is 17.0. The van der Waals surface area contributed by atoms with Crippen LogP contribution in [0.3, 0.4) is 0 Å². The van der Waals surface area contributed by atoms with Gasteiger partial charge in [0.1, 0.15) is 0 Å². The van der Waals surface area contributed by atoms with Gasteiger partial charge in [-0.2, -0.15) is 0 Å². The van der Waals surface area contributed by atoms with Crippen molar-refractivity contribution < 1.29 is 38.9 Å². The first-order chi connectivity index (χ1) is 9.10. The average molecular weight is 547 g/mol. The standard InChI is InChI=1S/C10H13Cl3N2O3S.Hg/c1-4(2)6(9(17)18-3-10(11,12)13)15-7(16)5(14)8(15)19;/h5-6,8,19H,1,3,14H2,2H3;/q;+1/p-1. The van der Waals surface area contributed by atoms with Crippen LogP contribution in [0.25, 0.3) is 0 Å². The Hall–Kier alpha value is 0.795. The van der Waals surface area contributed by atoms with Crippen LogP contribution in [0.5, 0.6) is 0 Å². The first-order valence-corrected chi connectivity index (χ1v) is 14.4. The van der Waals surface area contributed by atoms with E-state index in [2.05, 4.69) is 6.58 Å². The molecule has 10 heteroatoms. The summed E-state index contributed by atoms with van der Waals surface area (Å²) in [6, 6.07) is -1.48. The minimum atomic E-state index is -1.70. The third-order valence-electron chi connectivity index (χ3n) is 2.64. The number of esters is 1. The Bertz CT molecular complexity index is 432. The Morgan fingerprint density at radius 3 is 2.60 bits per heavy atom. The third kappa shape index (κ3) is 4.40. The van der Waals surface area contributed by atoms with E-state index in [-0.39, 0.29) is 11.3 Å². The number of rotatable bonds is 5. The molecule has 1 amide bonds. The third-order valence-corrected chi connectivity index (χ3v) is 7.81. The van der Waals surface area contributed by atoms with Crippen molar-refractivity contribution in [1.29, 1.82) is 0 Å². The fraction of sp³-hybridized carbons (Fsp3) is 0.600. The van der Waals surface area contributed by atoms with Gasteiger partial charge in [0.05, 0.1) is 0 Å². The van der Waals surface area contributed by atoms with E-state index in [4.69, 9.17) is 45.3 Å². The Kier molecular flexibility index (Phi) is 6.95. The summed E-state index contributed by atoms with van der Waals surface area (Å²) in [7, 11) is 1.57. The van der Waals surface area contributed by atoms with Gasteiger partial charge >= 0.3 is 151 Å². The molecule has 0 aromatic carbocycles. The molecule has 1 aliphatic heterocycles. The van der Waals surface area contributed by atoms with Gasteiger partial charge in [-0.15, -0.1) is 0 Å². The van der Waals surface area contributed by atoms with Crippen LogP contribution in [0.4, 0.5) is 0 Å². The summed E-state index contributed by atoms with van der Waals surface area (Å²) in [5.74, 6) is -0.969. The molecule has 0 spiro atoms. The molecule has 20 heavy (non-hydrogen) atoms. The van der Waals surface area contributed by atoms with Gasteiger partial charge in [-0.3, -0.25) is 0 Å². The molecular formula is C10H12Cl3HgN2O3S. The van der Waals surface area contributed by atoms with Crippen molar-refractivity contribution in [3.63, 3.8) is 0 Å². The number of carbonyl (C=O) groups is 2. The molecule has 3 unspecified atom stereocenters. The first kappa shape index (κ1) is 18.8. The van der Waals surface area contributed by atoms with Gasteiger partial charge in [0, 0.05) is 0 Å². The van der Waals surface area contributed by atoms with Crippen LogP contribution in [-0.4, -0.2) is 44.6 Å². The number of carbonyl (C=O) groups excluding carboxylic acids is 2. The van der Waals surface area contributed by atoms with Crippen molar-refractivity contribution in [1.82, 2.24) is 4.90 Å². The number of hydrogen-bond donors (Lipinski definition) is 1. The molecule has 0 aliphatic carbocycles. The number of ether oxygens (including phenoxy) is 1. The van der Waals surface area contributed by atoms with Gasteiger partial charge in [0.25, 0.3) is 0 Å². The molecule has 1 fully saturated rings. The normalized spacial score (nSPS) is 24.1. The van der Waals surface area contributed by atoms with Crippen molar-refractivity contribution in [2.24, 2.45) is 5.73 Å². The molecule has 0 saturated carbocycles. The molecule has 2 N–H and O–H groups in total. The van der Waals surface area contributed by atoms with E-state index < -0.39 is 28.5 Å². The number of amides is 1. The van der Waals surface area contributed by atoms with Crippen LogP contribution < -0.4 is 5.73 Å². The molecule has 3 atom stereocenters. The van der Waals surface area contributed by atoms with Crippen LogP contribution in [0.1, 0.15) is 6.92 Å². The van der Waals surface area contributed by atoms with Crippen molar-refractivity contribution in [2.45, 2.75) is 28.2 Å². The van der Waals surface area contributed by atoms with Gasteiger partial charge < -0.3 is 0 Å². The number of hydrogen-bond acceptors (Lipinski definition) is 5. The van der Waals surface area contributed by atoms with Gasteiger partial charge in [0.15, 0.2) is 0 Å². The Morgan fingerprint density at radius 1 is 1.65 bits per heavy atom. The molecule has 0 bridgehead atoms. The van der Waals surface area contributed by atoms with E-state index in [1.807, 2.05) is 0 Å². The van der Waals surface area contributed by atoms with Gasteiger partial charge in [-0.05, 0) is 0 Å². The summed E-state index contributed by atoms with van der Waals surface area (Å²) < 4.78 is 3.24. The zero-order valence-electron chi connectivity index (χ0n) is 10.6. The molecule has 1 rings (SSSR count). The number of nitrogens with zero attached hydrogens (tertiary/aromatic N) is 1. The summed E-state index contributed by atoms with van der Waals surface area (Å²) in [5, 5.41) is -0.215. The molecule has 5 nitrogen and oxygen atoms in total. The summed E-state index contributed by atoms with van der Waals surface area (Å²) in [5.41, 5.74) is 6.20. The second-order valence-corrected chi connectivity index (χ2v) is 11.5. The fourth-order valence-corrected chi connectivity index (χ4v) is 6.92. The van der Waals surface area contributed by atoms with Crippen molar-refractivity contribution in [3.05, 3.63) is 12.2 Å². The minimum absolute atomic E-state index is 0.215. The molecule has 109 valence electrons. The van der Waals surface area contributed by atoms with Gasteiger partial charge in [-0.1, -0.05) is 0 Å². The van der Waals surface area contributed by atoms with E-state index in [0.29, 0.717) is 30.2 Å². The molecule has 0 aromatic heterocycles. The van der Waals surface area contributed by atoms with Gasteiger partial charge in [-0.25, -0.2) is 0 Å². The van der Waals surface area contributed by atoms with E-state index in [0.717, 1.165) is 0 Å². The van der Waals surface area contributed by atoms with E-state index in [1.54, 1.807) is 15.2 Å². The number of alkyl halides is 3. The second kappa shape index (κ2) is 7.37. The maximum absolute atomic E-state index is 12.1. The van der Waals surface area contributed by atoms with Crippen molar-refractivity contribution >= 4 is 54.9 Å². The van der Waals surface area contributed by atoms with E-state index in [9.17, 15) is 9.59 Å². The van der Waals surface area contributed by atoms with Crippen molar-refractivity contribution in [2.75, 3.05) is 6.61 Å². The summed E-state index contributed by atoms with van der Waals surface area (Å²) in [6.07, 6.45) is 0. The Morgan fingerprint density at radius 2 is 2.20 bits per heavy atom. The summed E-state index contributed by atoms with van der Waals surface area (Å²) in [6.45, 7) is 4.97. The van der Waals surface area contributed by atoms with E-state index in [1.165, 1.54) is 4.90 Å². The molecule has 1 aliphatic rings. The topological polar surface area (TPSA) is 72.6 Å². The number of halogens is 3. The Labute approximate surface area is 150 Å². The average Bonchev–Trinajstić information content (AvgIpc) is 2.34. The predicted octanol–water partition coefficient (Wildman–Crippen LogP) is 1.54. The number of β-lactam (4-membered cyclic amide) rings is 1. The molecule has 1 heterocycles. The molecule has 0 radical (unpaired) electrons. The fourth-order valence-electron chi connectivity index (χ4n) is 1.75. The number of nitrogens with two attached hydrogens (primary N) is 1. The second-order valence-electron chi connectivity index (χ2n) is 4.30. The Balaban J connectivity index is 2.82. The van der Waals surface area contributed by atoms with Crippen LogP contribution in [0, 0.1) is 0 Å². The first-order valence-electron chi connectivity index (χ1n) is 5.47. The molecule has 1 saturated heterocycles. The molecule has 0 aromatic rings.